The fraction of sp³-hybridized carbons (Fsp3) is 0.433. The van der Waals surface area contributed by atoms with Gasteiger partial charge in [-0.2, -0.15) is 13.2 Å². The molecule has 2 aromatic heterocycles. The molecular weight excluding hydrogens is 617 g/mol. The number of thiazole rings is 1. The van der Waals surface area contributed by atoms with Gasteiger partial charge in [0.05, 0.1) is 50.0 Å². The van der Waals surface area contributed by atoms with E-state index in [1.165, 1.54) is 35.6 Å². The zero-order chi connectivity index (χ0) is 32.5. The van der Waals surface area contributed by atoms with Gasteiger partial charge < -0.3 is 9.74 Å². The summed E-state index contributed by atoms with van der Waals surface area (Å²) in [5, 5.41) is 6.78. The average Bonchev–Trinajstić information content (AvgIpc) is 3.67. The second-order valence-corrected chi connectivity index (χ2v) is 12.2. The molecule has 0 saturated carbocycles. The Balaban J connectivity index is 1.22. The number of benzene rings is 1. The topological polar surface area (TPSA) is 77.2 Å². The van der Waals surface area contributed by atoms with Gasteiger partial charge >= 0.3 is 12.1 Å². The molecule has 1 fully saturated rings. The summed E-state index contributed by atoms with van der Waals surface area (Å²) in [5.74, 6) is -0.646. The van der Waals surface area contributed by atoms with Crippen LogP contribution < -0.4 is 4.90 Å². The molecule has 0 spiro atoms. The van der Waals surface area contributed by atoms with E-state index in [0.717, 1.165) is 17.3 Å². The molecule has 1 amide bonds. The predicted molar refractivity (Wildman–Crippen MR) is 159 cm³/mol. The highest BCUT2D eigenvalue weighted by molar-refractivity contribution is 7.10. The molecule has 3 aromatic rings. The molecule has 9 nitrogen and oxygen atoms in total. The molecule has 1 atom stereocenters. The Morgan fingerprint density at radius 1 is 1.11 bits per heavy atom. The molecule has 1 aromatic carbocycles. The second-order valence-electron chi connectivity index (χ2n) is 11.3. The van der Waals surface area contributed by atoms with E-state index >= 15 is 0 Å². The van der Waals surface area contributed by atoms with Crippen molar-refractivity contribution in [3.8, 4) is 0 Å². The van der Waals surface area contributed by atoms with Crippen molar-refractivity contribution in [1.82, 2.24) is 19.8 Å². The van der Waals surface area contributed by atoms with Gasteiger partial charge in [0.15, 0.2) is 18.5 Å². The van der Waals surface area contributed by atoms with E-state index in [1.807, 2.05) is 5.38 Å². The van der Waals surface area contributed by atoms with Crippen molar-refractivity contribution in [1.29, 1.82) is 0 Å². The second kappa shape index (κ2) is 13.1. The monoisotopic (exact) mass is 650 g/mol. The number of halogens is 5. The van der Waals surface area contributed by atoms with Crippen molar-refractivity contribution in [2.45, 2.75) is 37.5 Å². The third-order valence-corrected chi connectivity index (χ3v) is 8.70. The molecular formula is C30H33F5N7O2S+. The lowest BCUT2D eigenvalue weighted by Crippen LogP contribution is -2.51. The first-order valence-electron chi connectivity index (χ1n) is 14.3. The molecule has 5 rings (SSSR count). The van der Waals surface area contributed by atoms with Crippen LogP contribution in [0.1, 0.15) is 53.1 Å². The summed E-state index contributed by atoms with van der Waals surface area (Å²) in [6.45, 7) is 0.842. The first-order chi connectivity index (χ1) is 21.3. The number of pyridine rings is 1. The maximum Gasteiger partial charge on any atom is 0.417 e. The van der Waals surface area contributed by atoms with Gasteiger partial charge in [0.2, 0.25) is 0 Å². The summed E-state index contributed by atoms with van der Waals surface area (Å²) in [5.41, 5.74) is 0.0938. The normalized spacial score (nSPS) is 17.1. The first-order valence-corrected chi connectivity index (χ1v) is 15.1. The third kappa shape index (κ3) is 7.08. The summed E-state index contributed by atoms with van der Waals surface area (Å²) in [6, 6.07) is 5.89. The Kier molecular flexibility index (Phi) is 9.37. The minimum atomic E-state index is -4.52. The van der Waals surface area contributed by atoms with E-state index in [2.05, 4.69) is 10.1 Å². The molecule has 0 radical (unpaired) electrons. The summed E-state index contributed by atoms with van der Waals surface area (Å²) in [6.07, 6.45) is -3.09. The fourth-order valence-corrected chi connectivity index (χ4v) is 6.57. The van der Waals surface area contributed by atoms with Crippen molar-refractivity contribution in [3.05, 3.63) is 75.4 Å². The zero-order valence-electron chi connectivity index (χ0n) is 25.2. The highest BCUT2D eigenvalue weighted by atomic mass is 32.1. The number of oxime groups is 1. The molecule has 0 bridgehead atoms. The van der Waals surface area contributed by atoms with Crippen LogP contribution in [0.25, 0.3) is 0 Å². The van der Waals surface area contributed by atoms with Crippen LogP contribution in [0.3, 0.4) is 0 Å². The molecule has 0 aliphatic carbocycles. The van der Waals surface area contributed by atoms with E-state index in [9.17, 15) is 26.7 Å². The molecule has 45 heavy (non-hydrogen) atoms. The summed E-state index contributed by atoms with van der Waals surface area (Å²) in [4.78, 5) is 32.8. The van der Waals surface area contributed by atoms with Gasteiger partial charge in [0.1, 0.15) is 17.3 Å². The lowest BCUT2D eigenvalue weighted by atomic mass is 9.97. The Morgan fingerprint density at radius 3 is 2.38 bits per heavy atom. The van der Waals surface area contributed by atoms with Crippen LogP contribution in [0.4, 0.5) is 27.8 Å². The number of piperidine rings is 1. The van der Waals surface area contributed by atoms with Crippen LogP contribution in [-0.4, -0.2) is 89.7 Å². The van der Waals surface area contributed by atoms with Crippen molar-refractivity contribution in [2.75, 3.05) is 52.7 Å². The van der Waals surface area contributed by atoms with E-state index < -0.39 is 29.5 Å². The highest BCUT2D eigenvalue weighted by Gasteiger charge is 2.35. The standard InChI is InChI=1S/C30H33F5N7O2S/c1-39(2)29(40(3)4)42(25-9-8-19(15-36-25)30(33,34)35)16-26(43)41-12-10-18(11-13-41)28-37-23(17-45-28)22-14-24(44-38-22)27-20(31)6-5-7-21(27)32/h5-9,15,17-18,24H,10-14,16H2,1-4H3/q+1. The van der Waals surface area contributed by atoms with Gasteiger partial charge in [-0.1, -0.05) is 11.2 Å². The van der Waals surface area contributed by atoms with E-state index in [0.29, 0.717) is 43.3 Å². The van der Waals surface area contributed by atoms with Crippen molar-refractivity contribution in [3.63, 3.8) is 0 Å². The Labute approximate surface area is 261 Å². The van der Waals surface area contributed by atoms with Crippen molar-refractivity contribution < 1.29 is 36.2 Å². The molecule has 4 heterocycles. The van der Waals surface area contributed by atoms with Crippen LogP contribution >= 0.6 is 11.3 Å². The van der Waals surface area contributed by atoms with E-state index in [-0.39, 0.29) is 36.2 Å². The van der Waals surface area contributed by atoms with Gasteiger partial charge in [-0.25, -0.2) is 23.6 Å². The number of likely N-dealkylation sites (tertiary alicyclic amines) is 1. The van der Waals surface area contributed by atoms with Gasteiger partial charge in [0.25, 0.3) is 5.91 Å². The third-order valence-electron chi connectivity index (χ3n) is 7.69. The molecule has 0 N–H and O–H groups in total. The van der Waals surface area contributed by atoms with Gasteiger partial charge in [-0.15, -0.1) is 11.3 Å². The maximum absolute atomic E-state index is 14.2. The van der Waals surface area contributed by atoms with Crippen LogP contribution in [0, 0.1) is 11.6 Å². The number of anilines is 1. The smallest absolute Gasteiger partial charge is 0.387 e. The molecule has 2 aliphatic rings. The van der Waals surface area contributed by atoms with Crippen LogP contribution in [0.2, 0.25) is 0 Å². The zero-order valence-corrected chi connectivity index (χ0v) is 26.0. The number of carbonyl (C=O) groups is 1. The van der Waals surface area contributed by atoms with Crippen molar-refractivity contribution >= 4 is 34.7 Å². The van der Waals surface area contributed by atoms with Gasteiger partial charge in [-0.05, 0) is 37.1 Å². The number of rotatable bonds is 6. The number of alkyl halides is 3. The number of nitrogens with zero attached hydrogens (tertiary/aromatic N) is 7. The van der Waals surface area contributed by atoms with Gasteiger partial charge in [0, 0.05) is 37.0 Å². The van der Waals surface area contributed by atoms with Crippen LogP contribution in [-0.2, 0) is 15.8 Å². The first kappa shape index (κ1) is 32.3. The largest absolute Gasteiger partial charge is 0.417 e. The SMILES string of the molecule is CN(C)C(N(CC(=O)N1CCC(c2nc(C3=NOC(c4c(F)cccc4F)C3)cs2)CC1)c1ccc(C(F)(F)F)cn1)=[N+](C)C. The minimum Gasteiger partial charge on any atom is -0.387 e. The number of hydrogen-bond donors (Lipinski definition) is 0. The van der Waals surface area contributed by atoms with Gasteiger partial charge in [-0.3, -0.25) is 14.3 Å². The van der Waals surface area contributed by atoms with Crippen LogP contribution in [0.15, 0.2) is 47.1 Å². The maximum atomic E-state index is 14.2. The summed E-state index contributed by atoms with van der Waals surface area (Å²) >= 11 is 1.47. The number of aromatic nitrogens is 2. The number of hydrogen-bond acceptors (Lipinski definition) is 6. The van der Waals surface area contributed by atoms with Crippen molar-refractivity contribution in [2.24, 2.45) is 5.16 Å². The molecule has 1 saturated heterocycles. The lowest BCUT2D eigenvalue weighted by Gasteiger charge is -2.32. The molecule has 1 unspecified atom stereocenters. The minimum absolute atomic E-state index is 0.105. The highest BCUT2D eigenvalue weighted by Crippen LogP contribution is 2.35. The van der Waals surface area contributed by atoms with E-state index in [4.69, 9.17) is 9.82 Å². The number of carbonyl (C=O) groups excluding carboxylic acids is 1. The number of guanidine groups is 1. The molecule has 2 aliphatic heterocycles. The predicted octanol–water partition coefficient (Wildman–Crippen LogP) is 5.10. The molecule has 15 heteroatoms. The Morgan fingerprint density at radius 2 is 1.80 bits per heavy atom. The average molecular weight is 651 g/mol. The number of amides is 1. The summed E-state index contributed by atoms with van der Waals surface area (Å²) < 4.78 is 69.7. The fourth-order valence-electron chi connectivity index (χ4n) is 5.57. The lowest BCUT2D eigenvalue weighted by molar-refractivity contribution is -0.470. The summed E-state index contributed by atoms with van der Waals surface area (Å²) in [7, 11) is 7.14. The Hall–Kier alpha value is -4.14. The molecule has 240 valence electrons. The van der Waals surface area contributed by atoms with E-state index in [1.54, 1.807) is 47.5 Å². The Bertz CT molecular complexity index is 1570. The van der Waals surface area contributed by atoms with Crippen LogP contribution in [0.5, 0.6) is 0 Å². The quantitative estimate of drug-likeness (QED) is 0.160.